The second-order valence-electron chi connectivity index (χ2n) is 9.79. The van der Waals surface area contributed by atoms with E-state index in [2.05, 4.69) is 43.9 Å². The number of allylic oxidation sites excluding steroid dienone is 4. The fraction of sp³-hybridized carbons (Fsp3) is 0.400. The second kappa shape index (κ2) is 8.00. The minimum Gasteiger partial charge on any atom is -0.281 e. The largest absolute Gasteiger partial charge is 0.281 e. The highest BCUT2D eigenvalue weighted by molar-refractivity contribution is 6.88. The summed E-state index contributed by atoms with van der Waals surface area (Å²) in [6.45, 7) is 13.8. The zero-order valence-corrected chi connectivity index (χ0v) is 20.2. The van der Waals surface area contributed by atoms with E-state index < -0.39 is 24.4 Å². The van der Waals surface area contributed by atoms with Gasteiger partial charge in [-0.1, -0.05) is 56.0 Å². The van der Waals surface area contributed by atoms with Crippen molar-refractivity contribution in [3.05, 3.63) is 52.7 Å². The van der Waals surface area contributed by atoms with Crippen LogP contribution in [0.25, 0.3) is 5.57 Å². The first-order chi connectivity index (χ1) is 14.3. The smallest absolute Gasteiger partial charge is 0.220 e. The minimum atomic E-state index is -2.14. The molecule has 0 unspecified atom stereocenters. The third kappa shape index (κ3) is 3.84. The van der Waals surface area contributed by atoms with Crippen molar-refractivity contribution in [3.8, 4) is 24.3 Å². The standard InChI is InChI=1S/C25H27N5Si/c1-18(19-11-9-8-10-12-19)20-13-21(31(5,6)7)22(30-23(2,3)4)25(16-28,17-29)24(20,14-26)15-27/h8-13H,1-7H3/b20-18+,30-22?. The van der Waals surface area contributed by atoms with Gasteiger partial charge in [0.05, 0.1) is 43.6 Å². The lowest BCUT2D eigenvalue weighted by atomic mass is 9.56. The molecule has 1 aromatic rings. The van der Waals surface area contributed by atoms with E-state index >= 15 is 0 Å². The number of hydrogen-bond acceptors (Lipinski definition) is 5. The molecule has 0 aromatic heterocycles. The summed E-state index contributed by atoms with van der Waals surface area (Å²) < 4.78 is 0. The Labute approximate surface area is 186 Å². The lowest BCUT2D eigenvalue weighted by Gasteiger charge is -2.42. The molecule has 31 heavy (non-hydrogen) atoms. The van der Waals surface area contributed by atoms with Crippen molar-refractivity contribution in [1.82, 2.24) is 0 Å². The quantitative estimate of drug-likeness (QED) is 0.576. The highest BCUT2D eigenvalue weighted by Gasteiger charge is 2.64. The van der Waals surface area contributed by atoms with Gasteiger partial charge in [0.15, 0.2) is 0 Å². The van der Waals surface area contributed by atoms with Crippen LogP contribution in [0.1, 0.15) is 33.3 Å². The zero-order valence-electron chi connectivity index (χ0n) is 19.2. The van der Waals surface area contributed by atoms with Gasteiger partial charge in [-0.3, -0.25) is 4.99 Å². The Hall–Kier alpha value is -3.45. The highest BCUT2D eigenvalue weighted by atomic mass is 28.3. The van der Waals surface area contributed by atoms with E-state index in [1.54, 1.807) is 0 Å². The van der Waals surface area contributed by atoms with Crippen molar-refractivity contribution in [2.75, 3.05) is 0 Å². The molecule has 0 amide bonds. The number of aliphatic imine (C=N–C) groups is 1. The van der Waals surface area contributed by atoms with Crippen LogP contribution < -0.4 is 0 Å². The van der Waals surface area contributed by atoms with E-state index in [9.17, 15) is 21.0 Å². The van der Waals surface area contributed by atoms with E-state index in [0.29, 0.717) is 11.1 Å². The van der Waals surface area contributed by atoms with Gasteiger partial charge in [0.25, 0.3) is 0 Å². The molecule has 0 spiro atoms. The van der Waals surface area contributed by atoms with Crippen molar-refractivity contribution < 1.29 is 0 Å². The number of benzene rings is 1. The molecule has 0 fully saturated rings. The van der Waals surface area contributed by atoms with Gasteiger partial charge in [0.2, 0.25) is 10.8 Å². The van der Waals surface area contributed by atoms with E-state index in [1.807, 2.05) is 64.1 Å². The summed E-state index contributed by atoms with van der Waals surface area (Å²) in [5.41, 5.74) is -2.46. The molecule has 0 saturated heterocycles. The summed E-state index contributed by atoms with van der Waals surface area (Å²) in [6.07, 6.45) is 1.86. The van der Waals surface area contributed by atoms with Gasteiger partial charge >= 0.3 is 0 Å². The summed E-state index contributed by atoms with van der Waals surface area (Å²) in [6, 6.07) is 17.7. The van der Waals surface area contributed by atoms with Gasteiger partial charge in [-0.25, -0.2) is 0 Å². The Bertz CT molecular complexity index is 1120. The lowest BCUT2D eigenvalue weighted by molar-refractivity contribution is 0.454. The van der Waals surface area contributed by atoms with Crippen molar-refractivity contribution in [3.63, 3.8) is 0 Å². The SMILES string of the molecule is C/C(=C1/C=C([Si](C)(C)C)C(=NC(C)(C)C)C(C#N)(C#N)C1(C#N)C#N)c1ccccc1. The summed E-state index contributed by atoms with van der Waals surface area (Å²) in [5.74, 6) is 0. The molecule has 2 rings (SSSR count). The topological polar surface area (TPSA) is 108 Å². The summed E-state index contributed by atoms with van der Waals surface area (Å²) in [4.78, 5) is 4.78. The van der Waals surface area contributed by atoms with Crippen LogP contribution in [-0.2, 0) is 0 Å². The molecule has 0 bridgehead atoms. The first-order valence-electron chi connectivity index (χ1n) is 10.1. The maximum Gasteiger partial charge on any atom is 0.220 e. The molecule has 1 aliphatic carbocycles. The van der Waals surface area contributed by atoms with E-state index in [-0.39, 0.29) is 5.71 Å². The highest BCUT2D eigenvalue weighted by Crippen LogP contribution is 2.54. The monoisotopic (exact) mass is 425 g/mol. The maximum absolute atomic E-state index is 10.4. The van der Waals surface area contributed by atoms with E-state index in [0.717, 1.165) is 10.8 Å². The Balaban J connectivity index is 3.22. The maximum atomic E-state index is 10.4. The average Bonchev–Trinajstić information content (AvgIpc) is 2.71. The molecule has 0 aliphatic heterocycles. The van der Waals surface area contributed by atoms with Crippen LogP contribution >= 0.6 is 0 Å². The van der Waals surface area contributed by atoms with Crippen LogP contribution in [0.5, 0.6) is 0 Å². The van der Waals surface area contributed by atoms with Gasteiger partial charge in [0.1, 0.15) is 0 Å². The number of nitrogens with zero attached hydrogens (tertiary/aromatic N) is 5. The predicted octanol–water partition coefficient (Wildman–Crippen LogP) is 5.58. The molecule has 5 nitrogen and oxygen atoms in total. The molecule has 6 heteroatoms. The summed E-state index contributed by atoms with van der Waals surface area (Å²) >= 11 is 0. The summed E-state index contributed by atoms with van der Waals surface area (Å²) in [7, 11) is -2.14. The first-order valence-corrected chi connectivity index (χ1v) is 13.6. The molecule has 0 saturated carbocycles. The minimum absolute atomic E-state index is 0.261. The molecular formula is C25H27N5Si. The molecule has 0 atom stereocenters. The molecule has 156 valence electrons. The molecule has 0 heterocycles. The van der Waals surface area contributed by atoms with Gasteiger partial charge in [-0.2, -0.15) is 21.0 Å². The van der Waals surface area contributed by atoms with Gasteiger partial charge < -0.3 is 0 Å². The number of rotatable bonds is 2. The summed E-state index contributed by atoms with van der Waals surface area (Å²) in [5, 5.41) is 42.2. The van der Waals surface area contributed by atoms with E-state index in [4.69, 9.17) is 4.99 Å². The first kappa shape index (κ1) is 23.8. The van der Waals surface area contributed by atoms with Gasteiger partial charge in [-0.05, 0) is 49.6 Å². The number of nitriles is 4. The van der Waals surface area contributed by atoms with Crippen LogP contribution in [0.4, 0.5) is 0 Å². The normalized spacial score (nSPS) is 20.5. The predicted molar refractivity (Wildman–Crippen MR) is 125 cm³/mol. The van der Waals surface area contributed by atoms with Crippen LogP contribution in [0.15, 0.2) is 52.2 Å². The molecule has 0 N–H and O–H groups in total. The second-order valence-corrected chi connectivity index (χ2v) is 14.8. The zero-order chi connectivity index (χ0) is 23.7. The van der Waals surface area contributed by atoms with Crippen LogP contribution in [0, 0.1) is 56.2 Å². The van der Waals surface area contributed by atoms with Gasteiger partial charge in [0, 0.05) is 0 Å². The fourth-order valence-electron chi connectivity index (χ4n) is 3.80. The third-order valence-electron chi connectivity index (χ3n) is 5.40. The molecule has 1 aromatic carbocycles. The van der Waals surface area contributed by atoms with Crippen LogP contribution in [-0.4, -0.2) is 19.3 Å². The van der Waals surface area contributed by atoms with Crippen molar-refractivity contribution in [2.24, 2.45) is 15.8 Å². The Morgan fingerprint density at radius 3 is 1.74 bits per heavy atom. The third-order valence-corrected chi connectivity index (χ3v) is 7.40. The molecule has 0 radical (unpaired) electrons. The molecule has 1 aliphatic rings. The van der Waals surface area contributed by atoms with Crippen LogP contribution in [0.2, 0.25) is 19.6 Å². The fourth-order valence-corrected chi connectivity index (χ4v) is 5.33. The number of hydrogen-bond donors (Lipinski definition) is 0. The molecular weight excluding hydrogens is 398 g/mol. The Morgan fingerprint density at radius 2 is 1.35 bits per heavy atom. The Morgan fingerprint density at radius 1 is 0.871 bits per heavy atom. The van der Waals surface area contributed by atoms with Gasteiger partial charge in [-0.15, -0.1) is 0 Å². The lowest BCUT2D eigenvalue weighted by Crippen LogP contribution is -2.53. The average molecular weight is 426 g/mol. The van der Waals surface area contributed by atoms with Crippen molar-refractivity contribution in [2.45, 2.75) is 52.9 Å². The van der Waals surface area contributed by atoms with Crippen LogP contribution in [0.3, 0.4) is 0 Å². The van der Waals surface area contributed by atoms with E-state index in [1.165, 1.54) is 0 Å². The van der Waals surface area contributed by atoms with Crippen molar-refractivity contribution >= 4 is 19.4 Å². The van der Waals surface area contributed by atoms with Crippen molar-refractivity contribution in [1.29, 1.82) is 21.0 Å². The Kier molecular flexibility index (Phi) is 6.15.